The Bertz CT molecular complexity index is 1690. The summed E-state index contributed by atoms with van der Waals surface area (Å²) in [6.07, 6.45) is 96.4. The smallest absolute Gasteiger partial charge is 0.306 e. The SMILES string of the molecule is CC/C=C\C/C=C\C/C=C\C/C=C\C/C=C\C/C=C\C/C=C\CCCCCCCCCCCCCC(=O)OCC(COC(=O)CCCCCCC/C=C\C/C=C\CCCC)OC(=O)CCCCCCCCC/C=C\CCCCCCCC. The predicted octanol–water partition coefficient (Wildman–Crippen LogP) is 23.9. The maximum Gasteiger partial charge on any atom is 0.306 e. The van der Waals surface area contributed by atoms with Crippen molar-refractivity contribution < 1.29 is 28.6 Å². The first-order valence-electron chi connectivity index (χ1n) is 34.5. The second kappa shape index (κ2) is 69.3. The number of allylic oxidation sites excluding steroid dienone is 20. The van der Waals surface area contributed by atoms with E-state index in [-0.39, 0.29) is 31.1 Å². The zero-order valence-electron chi connectivity index (χ0n) is 53.7. The normalized spacial score (nSPS) is 12.9. The summed E-state index contributed by atoms with van der Waals surface area (Å²) in [6, 6.07) is 0. The zero-order chi connectivity index (χ0) is 59.2. The van der Waals surface area contributed by atoms with Crippen LogP contribution in [0.2, 0.25) is 0 Å². The third kappa shape index (κ3) is 66.6. The fraction of sp³-hybridized carbons (Fsp3) is 0.697. The van der Waals surface area contributed by atoms with Gasteiger partial charge in [0.25, 0.3) is 0 Å². The number of carbonyl (C=O) groups is 3. The minimum Gasteiger partial charge on any atom is -0.462 e. The van der Waals surface area contributed by atoms with Crippen LogP contribution >= 0.6 is 0 Å². The van der Waals surface area contributed by atoms with Crippen LogP contribution in [0.25, 0.3) is 0 Å². The minimum absolute atomic E-state index is 0.0859. The quantitative estimate of drug-likeness (QED) is 0.0261. The molecule has 82 heavy (non-hydrogen) atoms. The molecule has 0 rings (SSSR count). The number of esters is 3. The number of rotatable bonds is 62. The van der Waals surface area contributed by atoms with Crippen LogP contribution in [0.3, 0.4) is 0 Å². The molecular weight excluding hydrogens is 1010 g/mol. The van der Waals surface area contributed by atoms with Crippen molar-refractivity contribution in [2.75, 3.05) is 13.2 Å². The van der Waals surface area contributed by atoms with Crippen LogP contribution in [-0.2, 0) is 28.6 Å². The molecule has 0 radical (unpaired) electrons. The van der Waals surface area contributed by atoms with Gasteiger partial charge < -0.3 is 14.2 Å². The van der Waals surface area contributed by atoms with Crippen LogP contribution in [0.1, 0.15) is 323 Å². The van der Waals surface area contributed by atoms with Gasteiger partial charge in [0.2, 0.25) is 0 Å². The average Bonchev–Trinajstić information content (AvgIpc) is 3.47. The van der Waals surface area contributed by atoms with Gasteiger partial charge in [0.15, 0.2) is 6.10 Å². The first-order valence-corrected chi connectivity index (χ1v) is 34.5. The van der Waals surface area contributed by atoms with E-state index in [0.29, 0.717) is 19.3 Å². The Hall–Kier alpha value is -4.19. The number of hydrogen-bond donors (Lipinski definition) is 0. The third-order valence-electron chi connectivity index (χ3n) is 14.7. The van der Waals surface area contributed by atoms with E-state index >= 15 is 0 Å². The van der Waals surface area contributed by atoms with Gasteiger partial charge in [-0.3, -0.25) is 14.4 Å². The minimum atomic E-state index is -0.790. The molecule has 0 heterocycles. The molecule has 1 atom stereocenters. The highest BCUT2D eigenvalue weighted by Gasteiger charge is 2.19. The lowest BCUT2D eigenvalue weighted by atomic mass is 10.0. The van der Waals surface area contributed by atoms with Gasteiger partial charge >= 0.3 is 17.9 Å². The summed E-state index contributed by atoms with van der Waals surface area (Å²) in [7, 11) is 0. The maximum atomic E-state index is 12.9. The summed E-state index contributed by atoms with van der Waals surface area (Å²) in [5.74, 6) is -0.898. The van der Waals surface area contributed by atoms with Crippen LogP contribution in [0.5, 0.6) is 0 Å². The molecule has 0 aliphatic rings. The lowest BCUT2D eigenvalue weighted by Crippen LogP contribution is -2.30. The van der Waals surface area contributed by atoms with E-state index in [4.69, 9.17) is 14.2 Å². The zero-order valence-corrected chi connectivity index (χ0v) is 53.7. The van der Waals surface area contributed by atoms with Gasteiger partial charge in [-0.05, 0) is 128 Å². The average molecular weight is 1140 g/mol. The van der Waals surface area contributed by atoms with Crippen molar-refractivity contribution in [1.29, 1.82) is 0 Å². The molecule has 0 spiro atoms. The molecule has 1 unspecified atom stereocenters. The Balaban J connectivity index is 4.27. The van der Waals surface area contributed by atoms with Gasteiger partial charge in [-0.25, -0.2) is 0 Å². The first-order chi connectivity index (χ1) is 40.5. The van der Waals surface area contributed by atoms with E-state index in [2.05, 4.69) is 142 Å². The van der Waals surface area contributed by atoms with Crippen LogP contribution in [0.4, 0.5) is 0 Å². The summed E-state index contributed by atoms with van der Waals surface area (Å²) < 4.78 is 16.9. The molecule has 0 aliphatic carbocycles. The molecule has 0 bridgehead atoms. The number of ether oxygens (including phenoxy) is 3. The summed E-state index contributed by atoms with van der Waals surface area (Å²) >= 11 is 0. The van der Waals surface area contributed by atoms with E-state index in [1.807, 2.05) is 0 Å². The Morgan fingerprint density at radius 3 is 0.793 bits per heavy atom. The van der Waals surface area contributed by atoms with E-state index in [1.165, 1.54) is 154 Å². The second-order valence-corrected chi connectivity index (χ2v) is 22.7. The molecule has 0 aromatic heterocycles. The van der Waals surface area contributed by atoms with Crippen molar-refractivity contribution in [2.24, 2.45) is 0 Å². The maximum absolute atomic E-state index is 12.9. The van der Waals surface area contributed by atoms with E-state index in [1.54, 1.807) is 0 Å². The summed E-state index contributed by atoms with van der Waals surface area (Å²) in [4.78, 5) is 38.4. The number of hydrogen-bond acceptors (Lipinski definition) is 6. The molecule has 0 aromatic carbocycles. The highest BCUT2D eigenvalue weighted by Crippen LogP contribution is 2.16. The summed E-state index contributed by atoms with van der Waals surface area (Å²) in [6.45, 7) is 6.49. The molecule has 468 valence electrons. The predicted molar refractivity (Wildman–Crippen MR) is 357 cm³/mol. The van der Waals surface area contributed by atoms with E-state index in [0.717, 1.165) is 128 Å². The third-order valence-corrected chi connectivity index (χ3v) is 14.7. The molecule has 0 N–H and O–H groups in total. The molecular formula is C76H128O6. The van der Waals surface area contributed by atoms with Crippen molar-refractivity contribution in [3.05, 3.63) is 122 Å². The fourth-order valence-corrected chi connectivity index (χ4v) is 9.49. The van der Waals surface area contributed by atoms with Gasteiger partial charge in [0, 0.05) is 19.3 Å². The van der Waals surface area contributed by atoms with Gasteiger partial charge in [-0.1, -0.05) is 296 Å². The molecule has 6 nitrogen and oxygen atoms in total. The molecule has 0 aromatic rings. The molecule has 6 heteroatoms. The van der Waals surface area contributed by atoms with Crippen molar-refractivity contribution in [3.63, 3.8) is 0 Å². The van der Waals surface area contributed by atoms with Crippen LogP contribution < -0.4 is 0 Å². The van der Waals surface area contributed by atoms with Crippen molar-refractivity contribution in [2.45, 2.75) is 329 Å². The number of unbranched alkanes of at least 4 members (excludes halogenated alkanes) is 31. The fourth-order valence-electron chi connectivity index (χ4n) is 9.49. The monoisotopic (exact) mass is 1140 g/mol. The molecule has 0 fully saturated rings. The Morgan fingerprint density at radius 2 is 0.488 bits per heavy atom. The standard InChI is InChI=1S/C76H128O6/c1-4-7-10-13-16-19-22-25-28-30-31-32-33-34-35-36-37-38-39-40-41-42-43-44-45-47-48-51-54-57-60-63-66-69-75(78)81-72-73(71-80-74(77)68-65-62-59-56-53-50-27-24-21-18-15-12-9-6-3)82-76(79)70-67-64-61-58-55-52-49-46-29-26-23-20-17-14-11-8-5-2/h7,10,15-16,18-19,24-29,31-32,34-35,37-38,40-41,73H,4-6,8-9,11-14,17,20-23,30,33,36,39,42-72H2,1-3H3/b10-7-,18-15-,19-16-,27-24-,28-25-,29-26-,32-31-,35-34-,38-37-,41-40-. The van der Waals surface area contributed by atoms with E-state index < -0.39 is 6.10 Å². The van der Waals surface area contributed by atoms with Gasteiger partial charge in [-0.15, -0.1) is 0 Å². The van der Waals surface area contributed by atoms with Gasteiger partial charge in [-0.2, -0.15) is 0 Å². The topological polar surface area (TPSA) is 78.9 Å². The molecule has 0 saturated carbocycles. The van der Waals surface area contributed by atoms with E-state index in [9.17, 15) is 14.4 Å². The van der Waals surface area contributed by atoms with Crippen LogP contribution in [-0.4, -0.2) is 37.2 Å². The highest BCUT2D eigenvalue weighted by molar-refractivity contribution is 5.71. The largest absolute Gasteiger partial charge is 0.462 e. The van der Waals surface area contributed by atoms with Crippen molar-refractivity contribution >= 4 is 17.9 Å². The Morgan fingerprint density at radius 1 is 0.256 bits per heavy atom. The molecule has 0 saturated heterocycles. The molecule has 0 aliphatic heterocycles. The van der Waals surface area contributed by atoms with Crippen LogP contribution in [0, 0.1) is 0 Å². The van der Waals surface area contributed by atoms with Crippen molar-refractivity contribution in [3.8, 4) is 0 Å². The lowest BCUT2D eigenvalue weighted by molar-refractivity contribution is -0.167. The highest BCUT2D eigenvalue weighted by atomic mass is 16.6. The summed E-state index contributed by atoms with van der Waals surface area (Å²) in [5.41, 5.74) is 0. The lowest BCUT2D eigenvalue weighted by Gasteiger charge is -2.18. The van der Waals surface area contributed by atoms with Gasteiger partial charge in [0.1, 0.15) is 13.2 Å². The Labute approximate surface area is 507 Å². The van der Waals surface area contributed by atoms with Crippen molar-refractivity contribution in [1.82, 2.24) is 0 Å². The second-order valence-electron chi connectivity index (χ2n) is 22.7. The molecule has 0 amide bonds. The Kier molecular flexibility index (Phi) is 65.8. The first kappa shape index (κ1) is 77.8. The van der Waals surface area contributed by atoms with Gasteiger partial charge in [0.05, 0.1) is 0 Å². The summed E-state index contributed by atoms with van der Waals surface area (Å²) in [5, 5.41) is 0. The van der Waals surface area contributed by atoms with Crippen LogP contribution in [0.15, 0.2) is 122 Å². The number of carbonyl (C=O) groups excluding carboxylic acids is 3.